The van der Waals surface area contributed by atoms with Crippen molar-refractivity contribution in [2.45, 2.75) is 20.0 Å². The predicted octanol–water partition coefficient (Wildman–Crippen LogP) is 0.993. The van der Waals surface area contributed by atoms with E-state index in [4.69, 9.17) is 0 Å². The first-order valence-electron chi connectivity index (χ1n) is 4.90. The van der Waals surface area contributed by atoms with Gasteiger partial charge in [-0.2, -0.15) is 13.2 Å². The van der Waals surface area contributed by atoms with Crippen molar-refractivity contribution in [3.63, 3.8) is 0 Å². The van der Waals surface area contributed by atoms with Gasteiger partial charge in [-0.05, 0) is 13.8 Å². The van der Waals surface area contributed by atoms with E-state index in [1.807, 2.05) is 0 Å². The van der Waals surface area contributed by atoms with E-state index >= 15 is 0 Å². The highest BCUT2D eigenvalue weighted by Gasteiger charge is 2.27. The molecule has 1 atom stereocenters. The summed E-state index contributed by atoms with van der Waals surface area (Å²) in [4.78, 5) is 22.3. The van der Waals surface area contributed by atoms with Crippen LogP contribution < -0.4 is 10.6 Å². The molecule has 0 rings (SSSR count). The van der Waals surface area contributed by atoms with Gasteiger partial charge in [0.05, 0.1) is 12.5 Å². The molecular formula is C10H15F3N2O2. The van der Waals surface area contributed by atoms with Crippen LogP contribution >= 0.6 is 0 Å². The number of amides is 2. The lowest BCUT2D eigenvalue weighted by Crippen LogP contribution is -2.42. The summed E-state index contributed by atoms with van der Waals surface area (Å²) in [7, 11) is 0. The van der Waals surface area contributed by atoms with Crippen LogP contribution in [0.1, 0.15) is 13.8 Å². The van der Waals surface area contributed by atoms with Gasteiger partial charge in [0.1, 0.15) is 6.54 Å². The van der Waals surface area contributed by atoms with Gasteiger partial charge < -0.3 is 10.6 Å². The van der Waals surface area contributed by atoms with Crippen molar-refractivity contribution >= 4 is 11.8 Å². The molecule has 1 unspecified atom stereocenters. The Labute approximate surface area is 97.3 Å². The Balaban J connectivity index is 3.93. The molecule has 0 fully saturated rings. The summed E-state index contributed by atoms with van der Waals surface area (Å²) in [5.74, 6) is -1.81. The fourth-order valence-corrected chi connectivity index (χ4v) is 0.806. The molecule has 98 valence electrons. The van der Waals surface area contributed by atoms with E-state index in [1.165, 1.54) is 0 Å². The van der Waals surface area contributed by atoms with E-state index in [-0.39, 0.29) is 0 Å². The van der Waals surface area contributed by atoms with Crippen LogP contribution in [0.25, 0.3) is 0 Å². The van der Waals surface area contributed by atoms with E-state index in [9.17, 15) is 22.8 Å². The van der Waals surface area contributed by atoms with Gasteiger partial charge in [0.2, 0.25) is 11.8 Å². The molecule has 0 heterocycles. The van der Waals surface area contributed by atoms with Gasteiger partial charge in [-0.25, -0.2) is 0 Å². The standard InChI is InChI=1S/C10H15F3N2O2/c1-6(2)7(3)9(17)14-4-8(16)15-5-10(11,12)13/h7H,1,4-5H2,2-3H3,(H,14,17)(H,15,16). The minimum absolute atomic E-state index is 0.445. The normalized spacial score (nSPS) is 12.8. The maximum Gasteiger partial charge on any atom is 0.405 e. The van der Waals surface area contributed by atoms with Gasteiger partial charge in [-0.3, -0.25) is 9.59 Å². The SMILES string of the molecule is C=C(C)C(C)C(=O)NCC(=O)NCC(F)(F)F. The Hall–Kier alpha value is -1.53. The molecule has 0 saturated heterocycles. The zero-order valence-corrected chi connectivity index (χ0v) is 9.65. The maximum atomic E-state index is 11.7. The molecule has 0 aliphatic heterocycles. The first kappa shape index (κ1) is 15.5. The van der Waals surface area contributed by atoms with Crippen LogP contribution in [0, 0.1) is 5.92 Å². The minimum Gasteiger partial charge on any atom is -0.347 e. The lowest BCUT2D eigenvalue weighted by Gasteiger charge is -2.12. The first-order valence-corrected chi connectivity index (χ1v) is 4.90. The number of hydrogen-bond acceptors (Lipinski definition) is 2. The fourth-order valence-electron chi connectivity index (χ4n) is 0.806. The second kappa shape index (κ2) is 6.27. The molecule has 0 aromatic carbocycles. The summed E-state index contributed by atoms with van der Waals surface area (Å²) in [5.41, 5.74) is 0.609. The minimum atomic E-state index is -4.45. The van der Waals surface area contributed by atoms with Crippen LogP contribution in [-0.2, 0) is 9.59 Å². The van der Waals surface area contributed by atoms with Crippen LogP contribution in [0.5, 0.6) is 0 Å². The molecule has 0 saturated carbocycles. The third kappa shape index (κ3) is 7.37. The summed E-state index contributed by atoms with van der Waals surface area (Å²) in [5, 5.41) is 3.87. The largest absolute Gasteiger partial charge is 0.405 e. The van der Waals surface area contributed by atoms with Gasteiger partial charge in [-0.15, -0.1) is 0 Å². The fraction of sp³-hybridized carbons (Fsp3) is 0.600. The van der Waals surface area contributed by atoms with Crippen molar-refractivity contribution < 1.29 is 22.8 Å². The zero-order chi connectivity index (χ0) is 13.6. The van der Waals surface area contributed by atoms with Crippen LogP contribution in [0.4, 0.5) is 13.2 Å². The zero-order valence-electron chi connectivity index (χ0n) is 9.65. The average Bonchev–Trinajstić information content (AvgIpc) is 2.20. The first-order chi connectivity index (χ1) is 7.63. The van der Waals surface area contributed by atoms with Gasteiger partial charge in [0.15, 0.2) is 0 Å². The number of carbonyl (C=O) groups excluding carboxylic acids is 2. The molecule has 2 N–H and O–H groups in total. The Kier molecular flexibility index (Phi) is 5.70. The summed E-state index contributed by atoms with van der Waals surface area (Å²) in [6.45, 7) is 4.91. The Morgan fingerprint density at radius 2 is 1.82 bits per heavy atom. The highest BCUT2D eigenvalue weighted by Crippen LogP contribution is 2.11. The van der Waals surface area contributed by atoms with E-state index in [0.29, 0.717) is 5.57 Å². The summed E-state index contributed by atoms with van der Waals surface area (Å²) >= 11 is 0. The van der Waals surface area contributed by atoms with Gasteiger partial charge >= 0.3 is 6.18 Å². The second-order valence-electron chi connectivity index (χ2n) is 3.68. The van der Waals surface area contributed by atoms with Gasteiger partial charge in [0, 0.05) is 0 Å². The van der Waals surface area contributed by atoms with Crippen molar-refractivity contribution in [3.05, 3.63) is 12.2 Å². The van der Waals surface area contributed by atoms with Crippen molar-refractivity contribution in [1.82, 2.24) is 10.6 Å². The maximum absolute atomic E-state index is 11.7. The highest BCUT2D eigenvalue weighted by molar-refractivity contribution is 5.86. The van der Waals surface area contributed by atoms with Gasteiger partial charge in [-0.1, -0.05) is 12.2 Å². The number of alkyl halides is 3. The predicted molar refractivity (Wildman–Crippen MR) is 56.1 cm³/mol. The molecule has 0 aliphatic carbocycles. The van der Waals surface area contributed by atoms with Crippen LogP contribution in [-0.4, -0.2) is 31.1 Å². The molecule has 2 amide bonds. The summed E-state index contributed by atoms with van der Waals surface area (Å²) < 4.78 is 35.2. The van der Waals surface area contributed by atoms with E-state index in [1.54, 1.807) is 19.2 Å². The summed E-state index contributed by atoms with van der Waals surface area (Å²) in [6.07, 6.45) is -4.45. The lowest BCUT2D eigenvalue weighted by molar-refractivity contribution is -0.138. The lowest BCUT2D eigenvalue weighted by atomic mass is 10.0. The van der Waals surface area contributed by atoms with Crippen molar-refractivity contribution in [1.29, 1.82) is 0 Å². The molecule has 0 radical (unpaired) electrons. The molecule has 4 nitrogen and oxygen atoms in total. The van der Waals surface area contributed by atoms with E-state index in [2.05, 4.69) is 11.9 Å². The average molecular weight is 252 g/mol. The monoisotopic (exact) mass is 252 g/mol. The van der Waals surface area contributed by atoms with E-state index in [0.717, 1.165) is 0 Å². The molecule has 7 heteroatoms. The molecule has 17 heavy (non-hydrogen) atoms. The number of rotatable bonds is 5. The highest BCUT2D eigenvalue weighted by atomic mass is 19.4. The topological polar surface area (TPSA) is 58.2 Å². The van der Waals surface area contributed by atoms with Crippen LogP contribution in [0.2, 0.25) is 0 Å². The molecule has 0 spiro atoms. The Morgan fingerprint density at radius 1 is 1.29 bits per heavy atom. The van der Waals surface area contributed by atoms with Crippen molar-refractivity contribution in [3.8, 4) is 0 Å². The number of halogens is 3. The molecular weight excluding hydrogens is 237 g/mol. The smallest absolute Gasteiger partial charge is 0.347 e. The number of carbonyl (C=O) groups is 2. The van der Waals surface area contributed by atoms with E-state index < -0.39 is 37.0 Å². The quantitative estimate of drug-likeness (QED) is 0.717. The molecule has 0 aromatic heterocycles. The third-order valence-electron chi connectivity index (χ3n) is 2.04. The van der Waals surface area contributed by atoms with Crippen molar-refractivity contribution in [2.24, 2.45) is 5.92 Å². The molecule has 0 bridgehead atoms. The van der Waals surface area contributed by atoms with Gasteiger partial charge in [0.25, 0.3) is 0 Å². The molecule has 0 aromatic rings. The van der Waals surface area contributed by atoms with Crippen LogP contribution in [0.3, 0.4) is 0 Å². The Bertz CT molecular complexity index is 313. The second-order valence-corrected chi connectivity index (χ2v) is 3.68. The number of nitrogens with one attached hydrogen (secondary N) is 2. The van der Waals surface area contributed by atoms with Crippen LogP contribution in [0.15, 0.2) is 12.2 Å². The van der Waals surface area contributed by atoms with Crippen molar-refractivity contribution in [2.75, 3.05) is 13.1 Å². The summed E-state index contributed by atoms with van der Waals surface area (Å²) in [6, 6.07) is 0. The third-order valence-corrected chi connectivity index (χ3v) is 2.04. The number of hydrogen-bond donors (Lipinski definition) is 2. The Morgan fingerprint density at radius 3 is 2.24 bits per heavy atom. The molecule has 0 aliphatic rings.